The molecule has 0 unspecified atom stereocenters. The minimum Gasteiger partial charge on any atom is -0.393 e. The SMILES string of the molecule is CN/C=C(\C=C(/C)N1CCOCC1)c1cc(C)ccc1C. The number of benzene rings is 1. The average Bonchev–Trinajstić information content (AvgIpc) is 2.50. The molecule has 0 atom stereocenters. The van der Waals surface area contributed by atoms with Crippen molar-refractivity contribution in [3.8, 4) is 0 Å². The Morgan fingerprint density at radius 1 is 1.24 bits per heavy atom. The van der Waals surface area contributed by atoms with E-state index in [1.165, 1.54) is 28.0 Å². The van der Waals surface area contributed by atoms with Crippen molar-refractivity contribution >= 4 is 5.57 Å². The molecule has 1 saturated heterocycles. The second-order valence-corrected chi connectivity index (χ2v) is 5.59. The lowest BCUT2D eigenvalue weighted by molar-refractivity contribution is 0.0538. The van der Waals surface area contributed by atoms with Gasteiger partial charge in [-0.1, -0.05) is 23.8 Å². The van der Waals surface area contributed by atoms with E-state index in [9.17, 15) is 0 Å². The molecule has 0 aliphatic carbocycles. The number of nitrogens with zero attached hydrogens (tertiary/aromatic N) is 1. The van der Waals surface area contributed by atoms with Gasteiger partial charge in [-0.05, 0) is 43.5 Å². The van der Waals surface area contributed by atoms with Crippen molar-refractivity contribution in [1.82, 2.24) is 10.2 Å². The highest BCUT2D eigenvalue weighted by molar-refractivity contribution is 5.76. The predicted octanol–water partition coefficient (Wildman–Crippen LogP) is 3.10. The van der Waals surface area contributed by atoms with Crippen molar-refractivity contribution in [2.45, 2.75) is 20.8 Å². The molecule has 1 aliphatic heterocycles. The molecule has 3 nitrogen and oxygen atoms in total. The van der Waals surface area contributed by atoms with Crippen LogP contribution in [0.15, 0.2) is 36.2 Å². The summed E-state index contributed by atoms with van der Waals surface area (Å²) in [5.41, 5.74) is 6.39. The summed E-state index contributed by atoms with van der Waals surface area (Å²) in [5.74, 6) is 0. The summed E-state index contributed by atoms with van der Waals surface area (Å²) in [7, 11) is 1.95. The standard InChI is InChI=1S/C18H26N2O/c1-14-5-6-15(2)18(11-14)17(13-19-4)12-16(3)20-7-9-21-10-8-20/h5-6,11-13,19H,7-10H2,1-4H3/b16-12+,17-13+. The Labute approximate surface area is 128 Å². The van der Waals surface area contributed by atoms with Crippen molar-refractivity contribution in [1.29, 1.82) is 0 Å². The number of aryl methyl sites for hydroxylation is 2. The van der Waals surface area contributed by atoms with E-state index < -0.39 is 0 Å². The van der Waals surface area contributed by atoms with Gasteiger partial charge in [0, 0.05) is 32.0 Å². The molecule has 1 aromatic rings. The topological polar surface area (TPSA) is 24.5 Å². The Bertz CT molecular complexity index is 540. The summed E-state index contributed by atoms with van der Waals surface area (Å²) in [6, 6.07) is 6.60. The fourth-order valence-corrected chi connectivity index (χ4v) is 2.63. The van der Waals surface area contributed by atoms with Crippen LogP contribution < -0.4 is 5.32 Å². The molecule has 1 aliphatic rings. The van der Waals surface area contributed by atoms with Crippen molar-refractivity contribution in [3.05, 3.63) is 52.9 Å². The maximum absolute atomic E-state index is 5.43. The van der Waals surface area contributed by atoms with E-state index in [1.54, 1.807) is 0 Å². The highest BCUT2D eigenvalue weighted by Gasteiger charge is 2.12. The van der Waals surface area contributed by atoms with Gasteiger partial charge in [0.1, 0.15) is 0 Å². The third-order valence-corrected chi connectivity index (χ3v) is 3.88. The molecule has 1 N–H and O–H groups in total. The Morgan fingerprint density at radius 3 is 2.62 bits per heavy atom. The van der Waals surface area contributed by atoms with Crippen LogP contribution in [0.4, 0.5) is 0 Å². The molecule has 0 bridgehead atoms. The number of rotatable bonds is 4. The molecule has 2 rings (SSSR count). The number of nitrogens with one attached hydrogen (secondary N) is 1. The van der Waals surface area contributed by atoms with Crippen LogP contribution in [0.2, 0.25) is 0 Å². The van der Waals surface area contributed by atoms with Crippen molar-refractivity contribution in [2.24, 2.45) is 0 Å². The van der Waals surface area contributed by atoms with Crippen LogP contribution in [0.5, 0.6) is 0 Å². The van der Waals surface area contributed by atoms with Crippen LogP contribution in [0.25, 0.3) is 5.57 Å². The van der Waals surface area contributed by atoms with Gasteiger partial charge < -0.3 is 15.0 Å². The number of hydrogen-bond donors (Lipinski definition) is 1. The molecular weight excluding hydrogens is 260 g/mol. The van der Waals surface area contributed by atoms with Crippen molar-refractivity contribution in [2.75, 3.05) is 33.4 Å². The molecule has 0 saturated carbocycles. The first-order valence-electron chi connectivity index (χ1n) is 7.58. The van der Waals surface area contributed by atoms with E-state index in [2.05, 4.69) is 61.5 Å². The molecule has 114 valence electrons. The largest absolute Gasteiger partial charge is 0.393 e. The van der Waals surface area contributed by atoms with Gasteiger partial charge in [0.25, 0.3) is 0 Å². The summed E-state index contributed by atoms with van der Waals surface area (Å²) in [6.07, 6.45) is 4.34. The Morgan fingerprint density at radius 2 is 1.95 bits per heavy atom. The molecule has 1 aromatic carbocycles. The molecule has 1 fully saturated rings. The van der Waals surface area contributed by atoms with E-state index in [0.29, 0.717) is 0 Å². The van der Waals surface area contributed by atoms with Gasteiger partial charge in [-0.3, -0.25) is 0 Å². The minimum atomic E-state index is 0.819. The maximum Gasteiger partial charge on any atom is 0.0642 e. The van der Waals surface area contributed by atoms with Crippen LogP contribution >= 0.6 is 0 Å². The highest BCUT2D eigenvalue weighted by Crippen LogP contribution is 2.23. The lowest BCUT2D eigenvalue weighted by Gasteiger charge is -2.29. The number of hydrogen-bond acceptors (Lipinski definition) is 3. The van der Waals surface area contributed by atoms with Crippen LogP contribution in [-0.2, 0) is 4.74 Å². The fourth-order valence-electron chi connectivity index (χ4n) is 2.63. The van der Waals surface area contributed by atoms with E-state index in [0.717, 1.165) is 26.3 Å². The maximum atomic E-state index is 5.43. The van der Waals surface area contributed by atoms with E-state index in [4.69, 9.17) is 4.74 Å². The first kappa shape index (κ1) is 15.6. The van der Waals surface area contributed by atoms with Gasteiger partial charge in [-0.2, -0.15) is 0 Å². The minimum absolute atomic E-state index is 0.819. The zero-order valence-electron chi connectivity index (χ0n) is 13.6. The quantitative estimate of drug-likeness (QED) is 0.861. The van der Waals surface area contributed by atoms with Gasteiger partial charge in [-0.25, -0.2) is 0 Å². The number of allylic oxidation sites excluding steroid dienone is 3. The summed E-state index contributed by atoms with van der Waals surface area (Å²) in [4.78, 5) is 2.39. The average molecular weight is 286 g/mol. The molecular formula is C18H26N2O. The molecule has 0 radical (unpaired) electrons. The lowest BCUT2D eigenvalue weighted by atomic mass is 9.98. The van der Waals surface area contributed by atoms with E-state index >= 15 is 0 Å². The summed E-state index contributed by atoms with van der Waals surface area (Å²) >= 11 is 0. The van der Waals surface area contributed by atoms with Crippen molar-refractivity contribution in [3.63, 3.8) is 0 Å². The van der Waals surface area contributed by atoms with E-state index in [-0.39, 0.29) is 0 Å². The zero-order valence-corrected chi connectivity index (χ0v) is 13.6. The van der Waals surface area contributed by atoms with Crippen molar-refractivity contribution < 1.29 is 4.74 Å². The molecule has 1 heterocycles. The lowest BCUT2D eigenvalue weighted by Crippen LogP contribution is -2.34. The van der Waals surface area contributed by atoms with E-state index in [1.807, 2.05) is 7.05 Å². The first-order chi connectivity index (χ1) is 10.1. The third kappa shape index (κ3) is 4.11. The van der Waals surface area contributed by atoms with Crippen LogP contribution in [0.3, 0.4) is 0 Å². The normalized spacial score (nSPS) is 17.0. The van der Waals surface area contributed by atoms with Gasteiger partial charge >= 0.3 is 0 Å². The smallest absolute Gasteiger partial charge is 0.0642 e. The molecule has 0 spiro atoms. The third-order valence-electron chi connectivity index (χ3n) is 3.88. The van der Waals surface area contributed by atoms with Gasteiger partial charge in [-0.15, -0.1) is 0 Å². The second kappa shape index (κ2) is 7.32. The van der Waals surface area contributed by atoms with Gasteiger partial charge in [0.15, 0.2) is 0 Å². The fraction of sp³-hybridized carbons (Fsp3) is 0.444. The summed E-state index contributed by atoms with van der Waals surface area (Å²) in [5, 5.41) is 3.17. The van der Waals surface area contributed by atoms with Crippen LogP contribution in [0, 0.1) is 13.8 Å². The number of ether oxygens (including phenoxy) is 1. The second-order valence-electron chi connectivity index (χ2n) is 5.59. The molecule has 3 heteroatoms. The zero-order chi connectivity index (χ0) is 15.2. The Kier molecular flexibility index (Phi) is 5.45. The van der Waals surface area contributed by atoms with Gasteiger partial charge in [0.05, 0.1) is 13.2 Å². The Hall–Kier alpha value is -1.74. The number of morpholine rings is 1. The first-order valence-corrected chi connectivity index (χ1v) is 7.58. The summed E-state index contributed by atoms with van der Waals surface area (Å²) in [6.45, 7) is 10.1. The van der Waals surface area contributed by atoms with Gasteiger partial charge in [0.2, 0.25) is 0 Å². The molecule has 0 amide bonds. The predicted molar refractivity (Wildman–Crippen MR) is 89.1 cm³/mol. The summed E-state index contributed by atoms with van der Waals surface area (Å²) < 4.78 is 5.43. The van der Waals surface area contributed by atoms with Crippen LogP contribution in [-0.4, -0.2) is 38.3 Å². The van der Waals surface area contributed by atoms with Crippen LogP contribution in [0.1, 0.15) is 23.6 Å². The molecule has 21 heavy (non-hydrogen) atoms. The monoisotopic (exact) mass is 286 g/mol. The Balaban J connectivity index is 2.30. The highest BCUT2D eigenvalue weighted by atomic mass is 16.5. The molecule has 0 aromatic heterocycles.